The lowest BCUT2D eigenvalue weighted by molar-refractivity contribution is -0.00260. The fourth-order valence-corrected chi connectivity index (χ4v) is 1.71. The Hall–Kier alpha value is -0.460. The molecule has 0 bridgehead atoms. The van der Waals surface area contributed by atoms with Crippen LogP contribution in [-0.4, -0.2) is 51.6 Å². The van der Waals surface area contributed by atoms with Gasteiger partial charge in [-0.2, -0.15) is 0 Å². The molecule has 0 N–H and O–H groups in total. The van der Waals surface area contributed by atoms with Crippen molar-refractivity contribution >= 4 is 15.9 Å². The molecule has 1 rings (SSSR count). The minimum absolute atomic E-state index is 0.590. The summed E-state index contributed by atoms with van der Waals surface area (Å²) in [6.45, 7) is 4.97. The first-order valence-corrected chi connectivity index (χ1v) is 7.96. The summed E-state index contributed by atoms with van der Waals surface area (Å²) in [5, 5.41) is 0.860. The van der Waals surface area contributed by atoms with Crippen LogP contribution in [0.2, 0.25) is 0 Å². The highest BCUT2D eigenvalue weighted by molar-refractivity contribution is 9.09. The van der Waals surface area contributed by atoms with E-state index >= 15 is 0 Å². The van der Waals surface area contributed by atoms with Crippen LogP contribution in [0.3, 0.4) is 0 Å². The molecule has 0 aliphatic rings. The summed E-state index contributed by atoms with van der Waals surface area (Å²) in [6, 6.07) is 10.1. The third-order valence-electron chi connectivity index (χ3n) is 2.45. The van der Waals surface area contributed by atoms with E-state index in [2.05, 4.69) is 15.9 Å². The minimum Gasteiger partial charge on any atom is -0.378 e. The van der Waals surface area contributed by atoms with Crippen LogP contribution in [0, 0.1) is 0 Å². The Morgan fingerprint density at radius 2 is 1.15 bits per heavy atom. The Kier molecular flexibility index (Phi) is 11.9. The zero-order chi connectivity index (χ0) is 14.3. The lowest BCUT2D eigenvalue weighted by atomic mass is 10.2. The number of ether oxygens (including phenoxy) is 4. The first-order chi connectivity index (χ1) is 9.93. The van der Waals surface area contributed by atoms with Gasteiger partial charge in [-0.1, -0.05) is 46.3 Å². The quantitative estimate of drug-likeness (QED) is 0.406. The molecular formula is C15H23BrO4. The summed E-state index contributed by atoms with van der Waals surface area (Å²) in [7, 11) is 0. The monoisotopic (exact) mass is 346 g/mol. The molecule has 0 heterocycles. The van der Waals surface area contributed by atoms with Gasteiger partial charge in [0.25, 0.3) is 0 Å². The van der Waals surface area contributed by atoms with Gasteiger partial charge in [-0.3, -0.25) is 0 Å². The molecule has 114 valence electrons. The summed E-state index contributed by atoms with van der Waals surface area (Å²) in [5.41, 5.74) is 1.18. The molecule has 0 saturated carbocycles. The molecule has 0 aliphatic carbocycles. The third-order valence-corrected chi connectivity index (χ3v) is 2.77. The fourth-order valence-electron chi connectivity index (χ4n) is 1.48. The van der Waals surface area contributed by atoms with Crippen molar-refractivity contribution in [2.45, 2.75) is 6.61 Å². The van der Waals surface area contributed by atoms with Crippen LogP contribution in [0.5, 0.6) is 0 Å². The van der Waals surface area contributed by atoms with Crippen molar-refractivity contribution in [3.8, 4) is 0 Å². The van der Waals surface area contributed by atoms with Gasteiger partial charge in [0, 0.05) is 5.33 Å². The van der Waals surface area contributed by atoms with Gasteiger partial charge in [0.2, 0.25) is 0 Å². The molecule has 0 spiro atoms. The van der Waals surface area contributed by atoms with Crippen molar-refractivity contribution in [1.29, 1.82) is 0 Å². The summed E-state index contributed by atoms with van der Waals surface area (Å²) in [6.07, 6.45) is 0. The van der Waals surface area contributed by atoms with Gasteiger partial charge in [0.1, 0.15) is 0 Å². The number of benzene rings is 1. The maximum absolute atomic E-state index is 5.50. The molecule has 0 aromatic heterocycles. The largest absolute Gasteiger partial charge is 0.378 e. The topological polar surface area (TPSA) is 36.9 Å². The second-order valence-electron chi connectivity index (χ2n) is 4.06. The molecule has 0 radical (unpaired) electrons. The lowest BCUT2D eigenvalue weighted by Crippen LogP contribution is -2.12. The van der Waals surface area contributed by atoms with E-state index in [4.69, 9.17) is 18.9 Å². The van der Waals surface area contributed by atoms with Crippen LogP contribution >= 0.6 is 15.9 Å². The van der Waals surface area contributed by atoms with Crippen molar-refractivity contribution < 1.29 is 18.9 Å². The number of hydrogen-bond acceptors (Lipinski definition) is 4. The zero-order valence-corrected chi connectivity index (χ0v) is 13.3. The molecule has 0 saturated heterocycles. The number of rotatable bonds is 13. The molecule has 1 aromatic rings. The second-order valence-corrected chi connectivity index (χ2v) is 4.86. The van der Waals surface area contributed by atoms with Crippen molar-refractivity contribution in [1.82, 2.24) is 0 Å². The smallest absolute Gasteiger partial charge is 0.0718 e. The van der Waals surface area contributed by atoms with Crippen LogP contribution in [0.15, 0.2) is 30.3 Å². The van der Waals surface area contributed by atoms with Gasteiger partial charge < -0.3 is 18.9 Å². The van der Waals surface area contributed by atoms with Gasteiger partial charge in [-0.25, -0.2) is 0 Å². The maximum atomic E-state index is 5.50. The van der Waals surface area contributed by atoms with Crippen molar-refractivity contribution in [2.24, 2.45) is 0 Å². The second kappa shape index (κ2) is 13.5. The maximum Gasteiger partial charge on any atom is 0.0718 e. The zero-order valence-electron chi connectivity index (χ0n) is 11.8. The van der Waals surface area contributed by atoms with E-state index < -0.39 is 0 Å². The Balaban J connectivity index is 1.77. The third kappa shape index (κ3) is 10.3. The Labute approximate surface area is 129 Å². The molecule has 0 aliphatic heterocycles. The van der Waals surface area contributed by atoms with Gasteiger partial charge in [0.15, 0.2) is 0 Å². The molecule has 0 unspecified atom stereocenters. The van der Waals surface area contributed by atoms with Gasteiger partial charge in [-0.05, 0) is 5.56 Å². The van der Waals surface area contributed by atoms with E-state index in [0.717, 1.165) is 11.9 Å². The Morgan fingerprint density at radius 3 is 1.70 bits per heavy atom. The standard InChI is InChI=1S/C15H23BrO4/c16-6-7-17-8-9-18-10-11-19-12-13-20-14-15-4-2-1-3-5-15/h1-5H,6-14H2. The number of alkyl halides is 1. The van der Waals surface area contributed by atoms with Crippen LogP contribution < -0.4 is 0 Å². The van der Waals surface area contributed by atoms with Crippen molar-refractivity contribution in [3.05, 3.63) is 35.9 Å². The van der Waals surface area contributed by atoms with Crippen LogP contribution in [0.1, 0.15) is 5.56 Å². The summed E-state index contributed by atoms with van der Waals surface area (Å²) in [4.78, 5) is 0. The molecule has 0 atom stereocenters. The molecular weight excluding hydrogens is 324 g/mol. The molecule has 5 heteroatoms. The highest BCUT2D eigenvalue weighted by Gasteiger charge is 1.93. The van der Waals surface area contributed by atoms with Gasteiger partial charge >= 0.3 is 0 Å². The normalized spacial score (nSPS) is 10.8. The van der Waals surface area contributed by atoms with Gasteiger partial charge in [-0.15, -0.1) is 0 Å². The van der Waals surface area contributed by atoms with Crippen molar-refractivity contribution in [3.63, 3.8) is 0 Å². The van der Waals surface area contributed by atoms with Crippen LogP contribution in [0.25, 0.3) is 0 Å². The summed E-state index contributed by atoms with van der Waals surface area (Å²) < 4.78 is 21.5. The van der Waals surface area contributed by atoms with E-state index in [-0.39, 0.29) is 0 Å². The molecule has 1 aromatic carbocycles. The predicted molar refractivity (Wildman–Crippen MR) is 82.3 cm³/mol. The molecule has 20 heavy (non-hydrogen) atoms. The fraction of sp³-hybridized carbons (Fsp3) is 0.600. The van der Waals surface area contributed by atoms with E-state index in [9.17, 15) is 0 Å². The highest BCUT2D eigenvalue weighted by Crippen LogP contribution is 1.99. The predicted octanol–water partition coefficient (Wildman–Crippen LogP) is 2.65. The molecule has 4 nitrogen and oxygen atoms in total. The minimum atomic E-state index is 0.590. The van der Waals surface area contributed by atoms with Gasteiger partial charge in [0.05, 0.1) is 52.9 Å². The SMILES string of the molecule is BrCCOCCOCCOCCOCc1ccccc1. The summed E-state index contributed by atoms with van der Waals surface area (Å²) in [5.74, 6) is 0. The average molecular weight is 347 g/mol. The molecule has 0 fully saturated rings. The first kappa shape index (κ1) is 17.6. The van der Waals surface area contributed by atoms with E-state index in [1.807, 2.05) is 30.3 Å². The molecule has 0 amide bonds. The average Bonchev–Trinajstić information content (AvgIpc) is 2.49. The summed E-state index contributed by atoms with van der Waals surface area (Å²) >= 11 is 3.29. The van der Waals surface area contributed by atoms with E-state index in [0.29, 0.717) is 46.2 Å². The highest BCUT2D eigenvalue weighted by atomic mass is 79.9. The number of hydrogen-bond donors (Lipinski definition) is 0. The first-order valence-electron chi connectivity index (χ1n) is 6.84. The van der Waals surface area contributed by atoms with Crippen molar-refractivity contribution in [2.75, 3.05) is 51.6 Å². The Morgan fingerprint density at radius 1 is 0.650 bits per heavy atom. The van der Waals surface area contributed by atoms with E-state index in [1.54, 1.807) is 0 Å². The lowest BCUT2D eigenvalue weighted by Gasteiger charge is -2.07. The van der Waals surface area contributed by atoms with E-state index in [1.165, 1.54) is 5.56 Å². The van der Waals surface area contributed by atoms with Crippen LogP contribution in [-0.2, 0) is 25.6 Å². The van der Waals surface area contributed by atoms with Crippen LogP contribution in [0.4, 0.5) is 0 Å². The Bertz CT molecular complexity index is 308. The number of halogens is 1.